The Hall–Kier alpha value is -12.7. The average molecular weight is 1240 g/mol. The van der Waals surface area contributed by atoms with Crippen molar-refractivity contribution in [2.24, 2.45) is 0 Å². The summed E-state index contributed by atoms with van der Waals surface area (Å²) >= 11 is 0. The quantitative estimate of drug-likeness (QED) is 0.141. The Bertz CT molecular complexity index is 5590. The molecule has 3 N–H and O–H groups in total. The number of anilines is 3. The highest BCUT2D eigenvalue weighted by Gasteiger charge is 2.23. The van der Waals surface area contributed by atoms with Gasteiger partial charge in [-0.1, -0.05) is 188 Å². The summed E-state index contributed by atoms with van der Waals surface area (Å²) in [6.07, 6.45) is 6.79. The molecule has 0 fully saturated rings. The number of hydrogen-bond acceptors (Lipinski definition) is 4. The summed E-state index contributed by atoms with van der Waals surface area (Å²) < 4.78 is 11.9. The molecule has 0 amide bonds. The molecule has 9 heteroatoms. The van der Waals surface area contributed by atoms with Gasteiger partial charge in [-0.25, -0.2) is 9.97 Å². The zero-order valence-corrected chi connectivity index (χ0v) is 52.9. The number of para-hydroxylation sites is 14. The van der Waals surface area contributed by atoms with Gasteiger partial charge in [0.05, 0.1) is 78.1 Å². The number of aromatic nitrogens is 7. The molecule has 0 unspecified atom stereocenters. The molecule has 96 heavy (non-hydrogen) atoms. The fraction of sp³-hybridized carbons (Fsp3) is 0.0345. The Morgan fingerprint density at radius 3 is 1.18 bits per heavy atom. The van der Waals surface area contributed by atoms with Crippen molar-refractivity contribution in [3.8, 4) is 51.2 Å². The van der Waals surface area contributed by atoms with Crippen LogP contribution in [0.25, 0.3) is 134 Å². The highest BCUT2D eigenvalue weighted by atomic mass is 15.1. The van der Waals surface area contributed by atoms with E-state index < -0.39 is 0 Å². The van der Waals surface area contributed by atoms with Gasteiger partial charge < -0.3 is 24.8 Å². The number of aryl methyl sites for hydroxylation is 2. The zero-order chi connectivity index (χ0) is 64.1. The minimum Gasteiger partial charge on any atom is -0.397 e. The first-order valence-corrected chi connectivity index (χ1v) is 32.7. The lowest BCUT2D eigenvalue weighted by Crippen LogP contribution is -2.05. The predicted molar refractivity (Wildman–Crippen MR) is 401 cm³/mol. The van der Waals surface area contributed by atoms with E-state index >= 15 is 0 Å². The van der Waals surface area contributed by atoms with E-state index in [1.807, 2.05) is 78.9 Å². The van der Waals surface area contributed by atoms with Gasteiger partial charge in [0.1, 0.15) is 11.6 Å². The van der Waals surface area contributed by atoms with E-state index in [0.29, 0.717) is 0 Å². The van der Waals surface area contributed by atoms with Crippen LogP contribution in [0, 0.1) is 6.92 Å². The Labute approximate surface area is 555 Å². The molecule has 0 saturated heterocycles. The Morgan fingerprint density at radius 1 is 0.333 bits per heavy atom. The van der Waals surface area contributed by atoms with Gasteiger partial charge in [-0.3, -0.25) is 9.13 Å². The molecule has 18 aromatic rings. The van der Waals surface area contributed by atoms with Crippen molar-refractivity contribution in [2.45, 2.75) is 19.8 Å². The van der Waals surface area contributed by atoms with Crippen LogP contribution in [0.2, 0.25) is 0 Å². The summed E-state index contributed by atoms with van der Waals surface area (Å²) in [5.41, 5.74) is 30.4. The summed E-state index contributed by atoms with van der Waals surface area (Å²) in [6.45, 7) is 2.14. The number of imidazole rings is 2. The number of fused-ring (bicyclic) bond motifs is 11. The number of hydrogen-bond donors (Lipinski definition) is 2. The molecule has 458 valence electrons. The lowest BCUT2D eigenvalue weighted by molar-refractivity contribution is 0.965. The van der Waals surface area contributed by atoms with Crippen molar-refractivity contribution < 1.29 is 0 Å². The fourth-order valence-corrected chi connectivity index (χ4v) is 14.3. The van der Waals surface area contributed by atoms with Crippen molar-refractivity contribution in [1.82, 2.24) is 32.8 Å². The third kappa shape index (κ3) is 10.2. The smallest absolute Gasteiger partial charge is 0.145 e. The first-order valence-electron chi connectivity index (χ1n) is 32.7. The molecule has 9 nitrogen and oxygen atoms in total. The molecular formula is C87H65N9. The third-order valence-electron chi connectivity index (χ3n) is 18.4. The summed E-state index contributed by atoms with van der Waals surface area (Å²) in [6, 6.07) is 113. The van der Waals surface area contributed by atoms with E-state index in [4.69, 9.17) is 15.7 Å². The summed E-state index contributed by atoms with van der Waals surface area (Å²) in [5.74, 6) is 1.83. The molecule has 5 aromatic heterocycles. The zero-order valence-electron chi connectivity index (χ0n) is 52.9. The Balaban J connectivity index is 0.000000123. The van der Waals surface area contributed by atoms with Crippen LogP contribution in [0.5, 0.6) is 0 Å². The summed E-state index contributed by atoms with van der Waals surface area (Å²) in [5, 5.41) is 9.66. The first-order chi connectivity index (χ1) is 47.5. The van der Waals surface area contributed by atoms with Crippen LogP contribution in [0.1, 0.15) is 23.2 Å². The Morgan fingerprint density at radius 2 is 0.708 bits per heavy atom. The monoisotopic (exact) mass is 1240 g/mol. The molecule has 5 heterocycles. The lowest BCUT2D eigenvalue weighted by Gasteiger charge is -2.18. The molecule has 13 aromatic carbocycles. The lowest BCUT2D eigenvalue weighted by atomic mass is 10.0. The minimum absolute atomic E-state index is 0.761. The minimum atomic E-state index is 0.761. The number of rotatable bonds is 9. The van der Waals surface area contributed by atoms with Gasteiger partial charge in [-0.05, 0) is 176 Å². The topological polar surface area (TPSA) is 88.5 Å². The van der Waals surface area contributed by atoms with Gasteiger partial charge in [0.15, 0.2) is 0 Å². The Kier molecular flexibility index (Phi) is 14.5. The van der Waals surface area contributed by atoms with Crippen LogP contribution in [0.3, 0.4) is 0 Å². The van der Waals surface area contributed by atoms with Gasteiger partial charge in [-0.2, -0.15) is 0 Å². The van der Waals surface area contributed by atoms with E-state index in [1.165, 1.54) is 65.8 Å². The highest BCUT2D eigenvalue weighted by Crippen LogP contribution is 2.41. The van der Waals surface area contributed by atoms with Crippen LogP contribution >= 0.6 is 0 Å². The molecule has 1 aliphatic carbocycles. The van der Waals surface area contributed by atoms with Crippen molar-refractivity contribution >= 4 is 99.7 Å². The number of nitrogens with two attached hydrogens (primary N) is 1. The van der Waals surface area contributed by atoms with Gasteiger partial charge in [0.2, 0.25) is 0 Å². The van der Waals surface area contributed by atoms with Gasteiger partial charge in [0.25, 0.3) is 0 Å². The van der Waals surface area contributed by atoms with Crippen molar-refractivity contribution in [1.29, 1.82) is 0 Å². The second-order valence-corrected chi connectivity index (χ2v) is 24.5. The largest absolute Gasteiger partial charge is 0.397 e. The molecule has 0 atom stereocenters. The molecule has 0 aliphatic heterocycles. The van der Waals surface area contributed by atoms with Crippen LogP contribution in [0.15, 0.2) is 328 Å². The number of nitrogens with zero attached hydrogens (tertiary/aromatic N) is 7. The van der Waals surface area contributed by atoms with Crippen molar-refractivity contribution in [3.63, 3.8) is 0 Å². The normalized spacial score (nSPS) is 11.9. The summed E-state index contributed by atoms with van der Waals surface area (Å²) in [4.78, 5) is 10.2. The van der Waals surface area contributed by atoms with Gasteiger partial charge in [0, 0.05) is 60.8 Å². The molecule has 0 radical (unpaired) electrons. The maximum Gasteiger partial charge on any atom is 0.145 e. The standard InChI is InChI=1S/C42H29N3.C33H24N4.C12H12N2/c1-7-19-37-31(13-1)32-14-2-8-20-38(32)43(37)28-25-29(44-39-21-9-3-15-33(39)34-16-4-10-22-40(34)44)27-30(26-28)45-41-23-11-5-17-35(41)36-18-6-12-24-42(36)45;1-23-20-24(32-34-28-16-8-10-18-30(28)36(32)26-12-4-2-5-13-26)22-25(21-23)33-35-29-17-9-11-19-31(29)37(33)27-14-6-3-7-15-27;13-11-8-4-5-9-12(11)14-10-6-2-1-3-7-10/h1-5,7-17,19-27H,6,18H2;2-22H,1H3;1-9,14H,13H2. The van der Waals surface area contributed by atoms with Crippen LogP contribution in [-0.2, 0) is 6.42 Å². The molecular weight excluding hydrogens is 1170 g/mol. The number of benzene rings is 13. The van der Waals surface area contributed by atoms with Gasteiger partial charge in [-0.15, -0.1) is 0 Å². The highest BCUT2D eigenvalue weighted by molar-refractivity contribution is 6.11. The van der Waals surface area contributed by atoms with E-state index in [9.17, 15) is 0 Å². The third-order valence-corrected chi connectivity index (χ3v) is 18.4. The second kappa shape index (κ2) is 24.4. The second-order valence-electron chi connectivity index (χ2n) is 24.5. The van der Waals surface area contributed by atoms with E-state index in [0.717, 1.165) is 109 Å². The van der Waals surface area contributed by atoms with E-state index in [-0.39, 0.29) is 0 Å². The van der Waals surface area contributed by atoms with Crippen LogP contribution in [0.4, 0.5) is 17.1 Å². The maximum atomic E-state index is 5.81. The number of allylic oxidation sites excluding steroid dienone is 1. The first kappa shape index (κ1) is 57.2. The number of nitrogens with one attached hydrogen (secondary N) is 1. The molecule has 0 spiro atoms. The molecule has 19 rings (SSSR count). The fourth-order valence-electron chi connectivity index (χ4n) is 14.3. The predicted octanol–water partition coefficient (Wildman–Crippen LogP) is 21.8. The average Bonchev–Trinajstić information content (AvgIpc) is 1.57. The maximum absolute atomic E-state index is 5.81. The molecule has 1 aliphatic rings. The SMILES string of the molecule is C1=Cc2c(c3ccccc3n2-c2cc(-n3c4ccccc4c4ccccc43)cc(-n3c4ccccc4c4ccccc43)c2)CC1.Cc1cc(-c2nc3ccccc3n2-c2ccccc2)cc(-c2nc3ccccc3n2-c2ccccc2)c1.Nc1ccccc1Nc1ccccc1. The van der Waals surface area contributed by atoms with Crippen molar-refractivity contribution in [3.05, 3.63) is 344 Å². The van der Waals surface area contributed by atoms with Gasteiger partial charge >= 0.3 is 0 Å². The van der Waals surface area contributed by atoms with Crippen LogP contribution < -0.4 is 11.1 Å². The van der Waals surface area contributed by atoms with Crippen molar-refractivity contribution in [2.75, 3.05) is 11.1 Å². The van der Waals surface area contributed by atoms with E-state index in [1.54, 1.807) is 0 Å². The van der Waals surface area contributed by atoms with E-state index in [2.05, 4.69) is 290 Å². The summed E-state index contributed by atoms with van der Waals surface area (Å²) in [7, 11) is 0. The van der Waals surface area contributed by atoms with Crippen LogP contribution in [-0.4, -0.2) is 32.8 Å². The number of nitrogen functional groups attached to an aromatic ring is 1. The molecule has 0 bridgehead atoms. The molecule has 0 saturated carbocycles.